The summed E-state index contributed by atoms with van der Waals surface area (Å²) in [6.07, 6.45) is 5.00. The molecule has 8 nitrogen and oxygen atoms in total. The van der Waals surface area contributed by atoms with Crippen molar-refractivity contribution in [2.24, 2.45) is 5.92 Å². The number of aromatic amines is 1. The van der Waals surface area contributed by atoms with E-state index in [1.807, 2.05) is 17.0 Å². The Hall–Kier alpha value is -2.64. The molecule has 2 unspecified atom stereocenters. The number of aromatic nitrogens is 3. The quantitative estimate of drug-likeness (QED) is 0.873. The molecule has 2 fully saturated rings. The van der Waals surface area contributed by atoms with E-state index in [0.29, 0.717) is 19.6 Å². The summed E-state index contributed by atoms with van der Waals surface area (Å²) < 4.78 is 4.81. The van der Waals surface area contributed by atoms with Gasteiger partial charge in [0.05, 0.1) is 18.5 Å². The number of likely N-dealkylation sites (tertiary alicyclic amines) is 2. The van der Waals surface area contributed by atoms with Crippen LogP contribution in [0.15, 0.2) is 18.3 Å². The van der Waals surface area contributed by atoms with Crippen molar-refractivity contribution in [1.29, 1.82) is 0 Å². The Morgan fingerprint density at radius 1 is 1.19 bits per heavy atom. The number of nitrogens with zero attached hydrogens (tertiary/aromatic N) is 4. The van der Waals surface area contributed by atoms with E-state index in [4.69, 9.17) is 4.74 Å². The first-order valence-corrected chi connectivity index (χ1v) is 9.58. The van der Waals surface area contributed by atoms with Crippen molar-refractivity contribution in [2.45, 2.75) is 31.6 Å². The van der Waals surface area contributed by atoms with E-state index < -0.39 is 0 Å². The predicted molar refractivity (Wildman–Crippen MR) is 99.1 cm³/mol. The number of H-pyrrole nitrogens is 1. The molecule has 2 amide bonds. The number of carbonyl (C=O) groups is 2. The minimum atomic E-state index is -0.348. The monoisotopic (exact) mass is 371 g/mol. The lowest BCUT2D eigenvalue weighted by atomic mass is 9.93. The second-order valence-electron chi connectivity index (χ2n) is 7.38. The van der Waals surface area contributed by atoms with E-state index >= 15 is 0 Å². The Labute approximate surface area is 157 Å². The zero-order chi connectivity index (χ0) is 18.8. The zero-order valence-electron chi connectivity index (χ0n) is 15.6. The van der Waals surface area contributed by atoms with E-state index in [2.05, 4.69) is 15.0 Å². The van der Waals surface area contributed by atoms with Gasteiger partial charge in [0, 0.05) is 38.3 Å². The third-order valence-corrected chi connectivity index (χ3v) is 5.60. The van der Waals surface area contributed by atoms with Crippen LogP contribution in [-0.2, 0) is 9.53 Å². The van der Waals surface area contributed by atoms with Crippen LogP contribution in [-0.4, -0.2) is 70.0 Å². The lowest BCUT2D eigenvalue weighted by Gasteiger charge is -2.37. The zero-order valence-corrected chi connectivity index (χ0v) is 15.6. The summed E-state index contributed by atoms with van der Waals surface area (Å²) in [5.74, 6) is 1.09. The van der Waals surface area contributed by atoms with E-state index in [1.54, 1.807) is 11.1 Å². The second-order valence-corrected chi connectivity index (χ2v) is 7.38. The molecule has 0 radical (unpaired) electrons. The largest absolute Gasteiger partial charge is 0.453 e. The first kappa shape index (κ1) is 17.8. The number of carbonyl (C=O) groups excluding carboxylic acids is 2. The molecule has 0 aliphatic carbocycles. The molecule has 0 spiro atoms. The number of methoxy groups -OCH3 is 1. The Morgan fingerprint density at radius 2 is 2.00 bits per heavy atom. The molecular formula is C19H25N5O3. The topological polar surface area (TPSA) is 91.4 Å². The number of hydrogen-bond donors (Lipinski definition) is 1. The normalized spacial score (nSPS) is 23.4. The van der Waals surface area contributed by atoms with Crippen LogP contribution < -0.4 is 0 Å². The van der Waals surface area contributed by atoms with E-state index in [9.17, 15) is 9.59 Å². The van der Waals surface area contributed by atoms with Crippen LogP contribution >= 0.6 is 0 Å². The number of nitrogens with one attached hydrogen (secondary N) is 1. The van der Waals surface area contributed by atoms with Crippen molar-refractivity contribution in [3.63, 3.8) is 0 Å². The summed E-state index contributed by atoms with van der Waals surface area (Å²) in [5.41, 5.74) is 1.65. The summed E-state index contributed by atoms with van der Waals surface area (Å²) in [4.78, 5) is 40.7. The average Bonchev–Trinajstić information content (AvgIpc) is 3.17. The van der Waals surface area contributed by atoms with Gasteiger partial charge in [0.25, 0.3) is 0 Å². The van der Waals surface area contributed by atoms with E-state index in [0.717, 1.165) is 49.2 Å². The molecule has 0 aromatic carbocycles. The van der Waals surface area contributed by atoms with Gasteiger partial charge in [0.1, 0.15) is 5.82 Å². The van der Waals surface area contributed by atoms with Crippen molar-refractivity contribution in [3.8, 4) is 0 Å². The first-order valence-electron chi connectivity index (χ1n) is 9.58. The fourth-order valence-corrected chi connectivity index (χ4v) is 4.19. The highest BCUT2D eigenvalue weighted by Gasteiger charge is 2.34. The number of pyridine rings is 1. The van der Waals surface area contributed by atoms with Crippen LogP contribution in [0, 0.1) is 5.92 Å². The maximum atomic E-state index is 13.1. The molecule has 2 aromatic heterocycles. The highest BCUT2D eigenvalue weighted by molar-refractivity contribution is 5.80. The van der Waals surface area contributed by atoms with Gasteiger partial charge in [-0.05, 0) is 37.8 Å². The minimum Gasteiger partial charge on any atom is -0.453 e. The molecule has 8 heteroatoms. The van der Waals surface area contributed by atoms with Gasteiger partial charge in [-0.3, -0.25) is 4.79 Å². The predicted octanol–water partition coefficient (Wildman–Crippen LogP) is 2.14. The van der Waals surface area contributed by atoms with Gasteiger partial charge in [-0.2, -0.15) is 0 Å². The van der Waals surface area contributed by atoms with Gasteiger partial charge in [0.15, 0.2) is 5.65 Å². The smallest absolute Gasteiger partial charge is 0.409 e. The third-order valence-electron chi connectivity index (χ3n) is 5.60. The molecule has 2 aliphatic rings. The molecule has 1 N–H and O–H groups in total. The molecule has 2 atom stereocenters. The molecule has 4 rings (SSSR count). The Balaban J connectivity index is 1.44. The van der Waals surface area contributed by atoms with E-state index in [-0.39, 0.29) is 23.8 Å². The molecular weight excluding hydrogens is 346 g/mol. The third kappa shape index (κ3) is 3.61. The summed E-state index contributed by atoms with van der Waals surface area (Å²) in [6, 6.07) is 3.85. The number of amides is 2. The Kier molecular flexibility index (Phi) is 4.96. The molecule has 2 aliphatic heterocycles. The van der Waals surface area contributed by atoms with Crippen molar-refractivity contribution in [3.05, 3.63) is 24.2 Å². The first-order chi connectivity index (χ1) is 13.2. The number of ether oxygens (including phenoxy) is 1. The maximum absolute atomic E-state index is 13.1. The van der Waals surface area contributed by atoms with Crippen molar-refractivity contribution < 1.29 is 14.3 Å². The van der Waals surface area contributed by atoms with E-state index in [1.165, 1.54) is 7.11 Å². The van der Waals surface area contributed by atoms with Gasteiger partial charge < -0.3 is 19.5 Å². The Morgan fingerprint density at radius 3 is 2.81 bits per heavy atom. The summed E-state index contributed by atoms with van der Waals surface area (Å²) in [7, 11) is 1.38. The van der Waals surface area contributed by atoms with Gasteiger partial charge in [-0.25, -0.2) is 14.8 Å². The van der Waals surface area contributed by atoms with Crippen LogP contribution in [0.3, 0.4) is 0 Å². The second kappa shape index (κ2) is 7.54. The number of fused-ring (bicyclic) bond motifs is 1. The van der Waals surface area contributed by atoms with Gasteiger partial charge in [-0.15, -0.1) is 0 Å². The van der Waals surface area contributed by atoms with Crippen LogP contribution in [0.1, 0.15) is 37.4 Å². The van der Waals surface area contributed by atoms with Crippen LogP contribution in [0.2, 0.25) is 0 Å². The SMILES string of the molecule is COC(=O)N1CCCC(C(=O)N2CCCC(c3nc4ncccc4[nH]3)C2)C1. The maximum Gasteiger partial charge on any atom is 0.409 e. The van der Waals surface area contributed by atoms with Crippen molar-refractivity contribution in [1.82, 2.24) is 24.8 Å². The number of piperidine rings is 2. The van der Waals surface area contributed by atoms with Gasteiger partial charge in [-0.1, -0.05) is 0 Å². The van der Waals surface area contributed by atoms with Crippen molar-refractivity contribution in [2.75, 3.05) is 33.3 Å². The number of imidazole rings is 1. The molecule has 0 bridgehead atoms. The molecule has 2 saturated heterocycles. The molecule has 144 valence electrons. The average molecular weight is 371 g/mol. The van der Waals surface area contributed by atoms with Crippen LogP contribution in [0.5, 0.6) is 0 Å². The summed E-state index contributed by atoms with van der Waals surface area (Å²) in [6.45, 7) is 2.53. The van der Waals surface area contributed by atoms with Crippen LogP contribution in [0.4, 0.5) is 4.79 Å². The lowest BCUT2D eigenvalue weighted by molar-refractivity contribution is -0.138. The standard InChI is InChI=1S/C19H25N5O3/c1-27-19(26)24-10-4-6-14(12-24)18(25)23-9-3-5-13(11-23)16-21-15-7-2-8-20-17(15)22-16/h2,7-8,13-14H,3-6,9-12H2,1H3,(H,20,21,22). The van der Waals surface area contributed by atoms with Crippen molar-refractivity contribution >= 4 is 23.2 Å². The molecule has 2 aromatic rings. The fraction of sp³-hybridized carbons (Fsp3) is 0.579. The minimum absolute atomic E-state index is 0.141. The summed E-state index contributed by atoms with van der Waals surface area (Å²) >= 11 is 0. The lowest BCUT2D eigenvalue weighted by Crippen LogP contribution is -2.48. The summed E-state index contributed by atoms with van der Waals surface area (Å²) in [5, 5.41) is 0. The highest BCUT2D eigenvalue weighted by Crippen LogP contribution is 2.28. The van der Waals surface area contributed by atoms with Gasteiger partial charge in [0.2, 0.25) is 5.91 Å². The van der Waals surface area contributed by atoms with Gasteiger partial charge >= 0.3 is 6.09 Å². The molecule has 27 heavy (non-hydrogen) atoms. The number of hydrogen-bond acceptors (Lipinski definition) is 5. The van der Waals surface area contributed by atoms with Crippen LogP contribution in [0.25, 0.3) is 11.2 Å². The molecule has 0 saturated carbocycles. The highest BCUT2D eigenvalue weighted by atomic mass is 16.5. The molecule has 4 heterocycles. The Bertz CT molecular complexity index is 803. The fourth-order valence-electron chi connectivity index (χ4n) is 4.19. The number of rotatable bonds is 2.